The van der Waals surface area contributed by atoms with Crippen LogP contribution in [0.1, 0.15) is 41.5 Å². The number of nitrogens with zero attached hydrogens (tertiary/aromatic N) is 1. The first-order valence-electron chi connectivity index (χ1n) is 7.40. The van der Waals surface area contributed by atoms with Gasteiger partial charge in [0.2, 0.25) is 0 Å². The smallest absolute Gasteiger partial charge is 0.348 e. The second-order valence-electron chi connectivity index (χ2n) is 6.75. The van der Waals surface area contributed by atoms with Crippen LogP contribution < -0.4 is 0 Å². The molecule has 0 aliphatic rings. The van der Waals surface area contributed by atoms with E-state index < -0.39 is 16.8 Å². The predicted octanol–water partition coefficient (Wildman–Crippen LogP) is 4.00. The Morgan fingerprint density at radius 2 is 1.16 bits per heavy atom. The third-order valence-electron chi connectivity index (χ3n) is 4.82. The molecule has 0 bridgehead atoms. The third-order valence-corrected chi connectivity index (χ3v) is 14.9. The van der Waals surface area contributed by atoms with Crippen LogP contribution in [-0.4, -0.2) is 48.8 Å². The summed E-state index contributed by atoms with van der Waals surface area (Å²) in [5, 5.41) is 0. The fourth-order valence-electron chi connectivity index (χ4n) is 4.10. The fourth-order valence-corrected chi connectivity index (χ4v) is 14.0. The molecule has 0 heterocycles. The lowest BCUT2D eigenvalue weighted by molar-refractivity contribution is 0.236. The van der Waals surface area contributed by atoms with Crippen molar-refractivity contribution < 1.29 is 8.85 Å². The van der Waals surface area contributed by atoms with E-state index in [2.05, 4.69) is 59.7 Å². The van der Waals surface area contributed by atoms with E-state index in [9.17, 15) is 0 Å². The Morgan fingerprint density at radius 1 is 0.842 bits per heavy atom. The Labute approximate surface area is 123 Å². The maximum absolute atomic E-state index is 5.69. The molecule has 0 spiro atoms. The van der Waals surface area contributed by atoms with Gasteiger partial charge in [0, 0.05) is 20.4 Å². The average Bonchev–Trinajstić information content (AvgIpc) is 2.27. The second-order valence-corrected chi connectivity index (χ2v) is 16.2. The second kappa shape index (κ2) is 7.36. The first-order valence-corrected chi connectivity index (χ1v) is 12.1. The van der Waals surface area contributed by atoms with E-state index in [0.717, 1.165) is 22.8 Å². The molecule has 0 aromatic carbocycles. The van der Waals surface area contributed by atoms with Gasteiger partial charge in [-0.05, 0) is 30.2 Å². The van der Waals surface area contributed by atoms with Crippen LogP contribution in [0.15, 0.2) is 0 Å². The summed E-state index contributed by atoms with van der Waals surface area (Å²) >= 11 is 0. The minimum absolute atomic E-state index is 0.726. The van der Waals surface area contributed by atoms with Gasteiger partial charge in [-0.15, -0.1) is 0 Å². The van der Waals surface area contributed by atoms with E-state index in [4.69, 9.17) is 8.85 Å². The molecule has 5 heteroatoms. The molecule has 0 aliphatic heterocycles. The fraction of sp³-hybridized carbons (Fsp3) is 1.00. The average molecular weight is 306 g/mol. The highest BCUT2D eigenvalue weighted by atomic mass is 28.4. The molecule has 0 aromatic heterocycles. The minimum atomic E-state index is -2.05. The van der Waals surface area contributed by atoms with Crippen molar-refractivity contribution >= 4 is 16.8 Å². The number of hydrogen-bond donors (Lipinski definition) is 0. The molecule has 0 aromatic rings. The molecule has 0 N–H and O–H groups in total. The Kier molecular flexibility index (Phi) is 7.48. The van der Waals surface area contributed by atoms with Gasteiger partial charge in [-0.1, -0.05) is 41.5 Å². The van der Waals surface area contributed by atoms with Crippen molar-refractivity contribution in [2.24, 2.45) is 0 Å². The molecule has 3 nitrogen and oxygen atoms in total. The Balaban J connectivity index is 5.40. The number of hydrogen-bond acceptors (Lipinski definition) is 3. The third kappa shape index (κ3) is 3.91. The van der Waals surface area contributed by atoms with Crippen molar-refractivity contribution in [2.75, 3.05) is 27.4 Å². The molecule has 0 atom stereocenters. The van der Waals surface area contributed by atoms with Gasteiger partial charge in [-0.25, -0.2) is 0 Å². The maximum atomic E-state index is 5.69. The highest BCUT2D eigenvalue weighted by molar-refractivity contribution is 6.82. The zero-order valence-corrected chi connectivity index (χ0v) is 16.7. The standard InChI is InChI=1S/C14H35NO2Si2/c1-12(2)19(13(3)4,14(5)6)15(7)11-18(10,16-8)17-9/h12-14H,11H2,1-10H3. The summed E-state index contributed by atoms with van der Waals surface area (Å²) in [6, 6.07) is 0. The van der Waals surface area contributed by atoms with E-state index in [-0.39, 0.29) is 0 Å². The van der Waals surface area contributed by atoms with Gasteiger partial charge in [0.1, 0.15) is 8.24 Å². The highest BCUT2D eigenvalue weighted by Crippen LogP contribution is 2.43. The molecule has 0 saturated heterocycles. The van der Waals surface area contributed by atoms with Crippen molar-refractivity contribution in [1.29, 1.82) is 0 Å². The van der Waals surface area contributed by atoms with Crippen LogP contribution in [0.5, 0.6) is 0 Å². The normalized spacial score (nSPS) is 14.2. The van der Waals surface area contributed by atoms with E-state index in [0.29, 0.717) is 0 Å². The van der Waals surface area contributed by atoms with Gasteiger partial charge in [0.05, 0.1) is 0 Å². The van der Waals surface area contributed by atoms with Gasteiger partial charge in [-0.2, -0.15) is 0 Å². The van der Waals surface area contributed by atoms with E-state index >= 15 is 0 Å². The Bertz CT molecular complexity index is 244. The Morgan fingerprint density at radius 3 is 1.37 bits per heavy atom. The van der Waals surface area contributed by atoms with Crippen LogP contribution in [-0.2, 0) is 8.85 Å². The first kappa shape index (κ1) is 19.3. The molecule has 0 saturated carbocycles. The van der Waals surface area contributed by atoms with Gasteiger partial charge in [0.15, 0.2) is 0 Å². The van der Waals surface area contributed by atoms with E-state index in [1.165, 1.54) is 0 Å². The van der Waals surface area contributed by atoms with Gasteiger partial charge in [0.25, 0.3) is 0 Å². The summed E-state index contributed by atoms with van der Waals surface area (Å²) in [7, 11) is 2.24. The molecule has 0 aliphatic carbocycles. The van der Waals surface area contributed by atoms with E-state index in [1.807, 2.05) is 0 Å². The van der Waals surface area contributed by atoms with Crippen molar-refractivity contribution in [3.63, 3.8) is 0 Å². The highest BCUT2D eigenvalue weighted by Gasteiger charge is 2.49. The SMILES string of the molecule is CO[Si](C)(CN(C)[Si](C(C)C)(C(C)C)C(C)C)OC. The molecule has 0 unspecified atom stereocenters. The van der Waals surface area contributed by atoms with Crippen molar-refractivity contribution in [3.05, 3.63) is 0 Å². The lowest BCUT2D eigenvalue weighted by Gasteiger charge is -2.50. The molecule has 0 radical (unpaired) electrons. The molecule has 19 heavy (non-hydrogen) atoms. The van der Waals surface area contributed by atoms with Crippen LogP contribution in [0.3, 0.4) is 0 Å². The van der Waals surface area contributed by atoms with Gasteiger partial charge in [-0.3, -0.25) is 0 Å². The quantitative estimate of drug-likeness (QED) is 0.633. The largest absolute Gasteiger partial charge is 0.397 e. The summed E-state index contributed by atoms with van der Waals surface area (Å²) in [4.78, 5) is 0. The van der Waals surface area contributed by atoms with E-state index in [1.54, 1.807) is 14.2 Å². The molecule has 0 amide bonds. The zero-order chi connectivity index (χ0) is 15.4. The lowest BCUT2D eigenvalue weighted by Crippen LogP contribution is -2.63. The predicted molar refractivity (Wildman–Crippen MR) is 89.3 cm³/mol. The van der Waals surface area contributed by atoms with Crippen molar-refractivity contribution in [1.82, 2.24) is 4.57 Å². The maximum Gasteiger partial charge on any atom is 0.348 e. The monoisotopic (exact) mass is 305 g/mol. The summed E-state index contributed by atoms with van der Waals surface area (Å²) < 4.78 is 14.0. The van der Waals surface area contributed by atoms with Crippen LogP contribution in [0.25, 0.3) is 0 Å². The zero-order valence-electron chi connectivity index (χ0n) is 14.7. The summed E-state index contributed by atoms with van der Waals surface area (Å²) in [5.74, 6) is 0. The summed E-state index contributed by atoms with van der Waals surface area (Å²) in [5.41, 5.74) is 2.18. The molecule has 0 fully saturated rings. The first-order chi connectivity index (χ1) is 8.58. The Hall–Kier alpha value is 0.314. The topological polar surface area (TPSA) is 21.7 Å². The minimum Gasteiger partial charge on any atom is -0.397 e. The van der Waals surface area contributed by atoms with Crippen molar-refractivity contribution in [2.45, 2.75) is 64.7 Å². The van der Waals surface area contributed by atoms with Gasteiger partial charge >= 0.3 is 8.56 Å². The molecule has 116 valence electrons. The molecule has 0 rings (SSSR count). The van der Waals surface area contributed by atoms with Crippen LogP contribution in [0.4, 0.5) is 0 Å². The molecular weight excluding hydrogens is 270 g/mol. The number of rotatable bonds is 8. The van der Waals surface area contributed by atoms with Crippen molar-refractivity contribution in [3.8, 4) is 0 Å². The molecular formula is C14H35NO2Si2. The lowest BCUT2D eigenvalue weighted by atomic mass is 10.5. The van der Waals surface area contributed by atoms with Crippen LogP contribution in [0.2, 0.25) is 23.2 Å². The van der Waals surface area contributed by atoms with Crippen LogP contribution >= 0.6 is 0 Å². The van der Waals surface area contributed by atoms with Crippen LogP contribution in [0, 0.1) is 0 Å². The summed E-state index contributed by atoms with van der Waals surface area (Å²) in [6.45, 7) is 16.5. The summed E-state index contributed by atoms with van der Waals surface area (Å²) in [6.07, 6.45) is 0.959. The van der Waals surface area contributed by atoms with Gasteiger partial charge < -0.3 is 13.4 Å².